The maximum Gasteiger partial charge on any atom is 0.242 e. The van der Waals surface area contributed by atoms with E-state index in [-0.39, 0.29) is 43.8 Å². The fraction of sp³-hybridized carbons (Fsp3) is 0.700. The third-order valence-electron chi connectivity index (χ3n) is 2.62. The maximum absolute atomic E-state index is 11.7. The topological polar surface area (TPSA) is 95.7 Å². The van der Waals surface area contributed by atoms with Crippen LogP contribution >= 0.6 is 0 Å². The first-order valence-electron chi connectivity index (χ1n) is 5.63. The van der Waals surface area contributed by atoms with Gasteiger partial charge in [0.1, 0.15) is 0 Å². The van der Waals surface area contributed by atoms with E-state index < -0.39 is 0 Å². The van der Waals surface area contributed by atoms with Gasteiger partial charge in [-0.15, -0.1) is 0 Å². The van der Waals surface area contributed by atoms with E-state index in [1.807, 2.05) is 12.3 Å². The highest BCUT2D eigenvalue weighted by Crippen LogP contribution is 2.06. The summed E-state index contributed by atoms with van der Waals surface area (Å²) in [5, 5.41) is 0. The quantitative estimate of drug-likeness (QED) is 0.346. The van der Waals surface area contributed by atoms with E-state index in [4.69, 9.17) is 5.84 Å². The van der Waals surface area contributed by atoms with Crippen molar-refractivity contribution in [2.45, 2.75) is 19.8 Å². The molecule has 7 nitrogen and oxygen atoms in total. The molecule has 0 radical (unpaired) electrons. The number of nitrogens with two attached hydrogens (primary N) is 1. The van der Waals surface area contributed by atoms with Gasteiger partial charge in [0.05, 0.1) is 13.1 Å². The number of nitrogens with zero attached hydrogens (tertiary/aromatic N) is 2. The summed E-state index contributed by atoms with van der Waals surface area (Å²) in [6, 6.07) is 0. The van der Waals surface area contributed by atoms with Gasteiger partial charge in [-0.3, -0.25) is 19.8 Å². The molecule has 7 heteroatoms. The second kappa shape index (κ2) is 6.19. The minimum Gasteiger partial charge on any atom is -0.332 e. The van der Waals surface area contributed by atoms with Crippen LogP contribution in [0.1, 0.15) is 19.8 Å². The molecule has 0 aromatic heterocycles. The Hall–Kier alpha value is -1.63. The smallest absolute Gasteiger partial charge is 0.242 e. The molecule has 0 aromatic carbocycles. The lowest BCUT2D eigenvalue weighted by atomic mass is 10.2. The molecule has 0 aromatic rings. The molecule has 0 spiro atoms. The Morgan fingerprint density at radius 3 is 2.24 bits per heavy atom. The predicted molar refractivity (Wildman–Crippen MR) is 60.4 cm³/mol. The fourth-order valence-corrected chi connectivity index (χ4v) is 1.69. The Morgan fingerprint density at radius 1 is 1.24 bits per heavy atom. The van der Waals surface area contributed by atoms with Gasteiger partial charge in [-0.05, 0) is 6.42 Å². The molecule has 96 valence electrons. The highest BCUT2D eigenvalue weighted by molar-refractivity contribution is 5.92. The van der Waals surface area contributed by atoms with Crippen LogP contribution in [0.15, 0.2) is 0 Å². The third-order valence-corrected chi connectivity index (χ3v) is 2.62. The lowest BCUT2D eigenvalue weighted by molar-refractivity contribution is -0.150. The van der Waals surface area contributed by atoms with Crippen molar-refractivity contribution in [2.24, 2.45) is 5.84 Å². The normalized spacial score (nSPS) is 16.4. The van der Waals surface area contributed by atoms with E-state index in [9.17, 15) is 14.4 Å². The summed E-state index contributed by atoms with van der Waals surface area (Å²) < 4.78 is 0. The Balaban J connectivity index is 2.46. The maximum atomic E-state index is 11.7. The Labute approximate surface area is 99.9 Å². The summed E-state index contributed by atoms with van der Waals surface area (Å²) in [5.41, 5.74) is 1.99. The van der Waals surface area contributed by atoms with Crippen molar-refractivity contribution in [1.29, 1.82) is 0 Å². The van der Waals surface area contributed by atoms with Crippen LogP contribution in [-0.2, 0) is 14.4 Å². The largest absolute Gasteiger partial charge is 0.332 e. The van der Waals surface area contributed by atoms with E-state index in [2.05, 4.69) is 0 Å². The van der Waals surface area contributed by atoms with Gasteiger partial charge in [0.25, 0.3) is 0 Å². The molecule has 1 rings (SSSR count). The Bertz CT molecular complexity index is 319. The first-order chi connectivity index (χ1) is 8.08. The summed E-state index contributed by atoms with van der Waals surface area (Å²) in [7, 11) is 0. The average molecular weight is 242 g/mol. The molecule has 0 aliphatic carbocycles. The molecule has 0 bridgehead atoms. The van der Waals surface area contributed by atoms with Crippen molar-refractivity contribution >= 4 is 17.7 Å². The van der Waals surface area contributed by atoms with Crippen molar-refractivity contribution in [3.63, 3.8) is 0 Å². The van der Waals surface area contributed by atoms with Gasteiger partial charge >= 0.3 is 0 Å². The monoisotopic (exact) mass is 242 g/mol. The number of nitrogens with one attached hydrogen (secondary N) is 1. The van der Waals surface area contributed by atoms with Crippen LogP contribution in [0.3, 0.4) is 0 Å². The molecule has 1 heterocycles. The number of carbonyl (C=O) groups excluding carboxylic acids is 3. The highest BCUT2D eigenvalue weighted by Gasteiger charge is 2.29. The lowest BCUT2D eigenvalue weighted by Crippen LogP contribution is -2.54. The number of carbonyl (C=O) groups is 3. The van der Waals surface area contributed by atoms with Crippen LogP contribution in [0.2, 0.25) is 0 Å². The van der Waals surface area contributed by atoms with Crippen molar-refractivity contribution in [3.8, 4) is 0 Å². The SMILES string of the molecule is CCCN1CC(=O)N(CCC(=O)NN)CC1=O. The van der Waals surface area contributed by atoms with Crippen LogP contribution in [0.4, 0.5) is 0 Å². The first-order valence-corrected chi connectivity index (χ1v) is 5.63. The van der Waals surface area contributed by atoms with Gasteiger partial charge in [-0.1, -0.05) is 6.92 Å². The molecular formula is C10H18N4O3. The second-order valence-corrected chi connectivity index (χ2v) is 3.95. The van der Waals surface area contributed by atoms with Crippen molar-refractivity contribution in [3.05, 3.63) is 0 Å². The molecule has 0 unspecified atom stereocenters. The van der Waals surface area contributed by atoms with E-state index >= 15 is 0 Å². The van der Waals surface area contributed by atoms with Crippen LogP contribution in [0.25, 0.3) is 0 Å². The van der Waals surface area contributed by atoms with Gasteiger partial charge in [-0.2, -0.15) is 0 Å². The number of hydrazine groups is 1. The zero-order chi connectivity index (χ0) is 12.8. The zero-order valence-electron chi connectivity index (χ0n) is 9.94. The van der Waals surface area contributed by atoms with E-state index in [0.717, 1.165) is 6.42 Å². The lowest BCUT2D eigenvalue weighted by Gasteiger charge is -2.33. The van der Waals surface area contributed by atoms with Crippen LogP contribution < -0.4 is 11.3 Å². The molecule has 1 saturated heterocycles. The molecule has 3 N–H and O–H groups in total. The van der Waals surface area contributed by atoms with E-state index in [0.29, 0.717) is 6.54 Å². The van der Waals surface area contributed by atoms with E-state index in [1.54, 1.807) is 4.90 Å². The first kappa shape index (κ1) is 13.4. The molecule has 1 fully saturated rings. The zero-order valence-corrected chi connectivity index (χ0v) is 9.94. The van der Waals surface area contributed by atoms with Gasteiger partial charge < -0.3 is 9.80 Å². The Morgan fingerprint density at radius 2 is 1.76 bits per heavy atom. The number of rotatable bonds is 5. The number of amides is 3. The molecule has 17 heavy (non-hydrogen) atoms. The molecular weight excluding hydrogens is 224 g/mol. The summed E-state index contributed by atoms with van der Waals surface area (Å²) in [6.07, 6.45) is 0.942. The minimum absolute atomic E-state index is 0.0523. The fourth-order valence-electron chi connectivity index (χ4n) is 1.69. The molecule has 1 aliphatic rings. The van der Waals surface area contributed by atoms with E-state index in [1.165, 1.54) is 4.90 Å². The predicted octanol–water partition coefficient (Wildman–Crippen LogP) is -1.55. The summed E-state index contributed by atoms with van der Waals surface area (Å²) in [4.78, 5) is 37.2. The van der Waals surface area contributed by atoms with Crippen LogP contribution in [0, 0.1) is 0 Å². The van der Waals surface area contributed by atoms with Crippen LogP contribution in [-0.4, -0.2) is 53.7 Å². The number of piperazine rings is 1. The molecule has 3 amide bonds. The third kappa shape index (κ3) is 3.70. The summed E-state index contributed by atoms with van der Waals surface area (Å²) in [6.45, 7) is 2.94. The van der Waals surface area contributed by atoms with Gasteiger partial charge in [0.15, 0.2) is 0 Å². The van der Waals surface area contributed by atoms with Gasteiger partial charge in [0.2, 0.25) is 17.7 Å². The molecule has 0 saturated carbocycles. The standard InChI is InChI=1S/C10H18N4O3/c1-2-4-13-6-10(17)14(7-9(13)16)5-3-8(15)12-11/h2-7,11H2,1H3,(H,12,15). The van der Waals surface area contributed by atoms with Crippen molar-refractivity contribution in [1.82, 2.24) is 15.2 Å². The summed E-state index contributed by atoms with van der Waals surface area (Å²) in [5.74, 6) is 4.39. The Kier molecular flexibility index (Phi) is 4.89. The number of hydrogen-bond acceptors (Lipinski definition) is 4. The summed E-state index contributed by atoms with van der Waals surface area (Å²) >= 11 is 0. The van der Waals surface area contributed by atoms with Crippen LogP contribution in [0.5, 0.6) is 0 Å². The van der Waals surface area contributed by atoms with Crippen molar-refractivity contribution < 1.29 is 14.4 Å². The molecule has 0 atom stereocenters. The van der Waals surface area contributed by atoms with Crippen molar-refractivity contribution in [2.75, 3.05) is 26.2 Å². The van der Waals surface area contributed by atoms with Gasteiger partial charge in [0, 0.05) is 19.5 Å². The number of hydrogen-bond donors (Lipinski definition) is 2. The highest BCUT2D eigenvalue weighted by atomic mass is 16.2. The second-order valence-electron chi connectivity index (χ2n) is 3.95. The minimum atomic E-state index is -0.346. The average Bonchev–Trinajstić information content (AvgIpc) is 2.31. The molecule has 1 aliphatic heterocycles. The van der Waals surface area contributed by atoms with Gasteiger partial charge in [-0.25, -0.2) is 5.84 Å².